The van der Waals surface area contributed by atoms with Crippen molar-refractivity contribution >= 4 is 51.2 Å². The van der Waals surface area contributed by atoms with Crippen molar-refractivity contribution in [3.63, 3.8) is 0 Å². The van der Waals surface area contributed by atoms with E-state index in [2.05, 4.69) is 15.6 Å². The molecule has 0 bridgehead atoms. The molecule has 1 fully saturated rings. The normalized spacial score (nSPS) is 18.2. The Morgan fingerprint density at radius 3 is 2.42 bits per heavy atom. The molecule has 9 heteroatoms. The minimum absolute atomic E-state index is 0.109. The second-order valence-corrected chi connectivity index (χ2v) is 10.5. The number of fused-ring (bicyclic) bond motifs is 1. The first-order valence-corrected chi connectivity index (χ1v) is 13.0. The van der Waals surface area contributed by atoms with Gasteiger partial charge in [-0.05, 0) is 74.9 Å². The fraction of sp³-hybridized carbons (Fsp3) is 0.310. The number of rotatable bonds is 8. The van der Waals surface area contributed by atoms with Crippen molar-refractivity contribution in [3.05, 3.63) is 85.3 Å². The van der Waals surface area contributed by atoms with Gasteiger partial charge in [-0.2, -0.15) is 0 Å². The maximum absolute atomic E-state index is 12.4. The van der Waals surface area contributed by atoms with Crippen LogP contribution in [0.15, 0.2) is 58.1 Å². The largest absolute Gasteiger partial charge is 0.480 e. The van der Waals surface area contributed by atoms with E-state index in [-0.39, 0.29) is 24.2 Å². The van der Waals surface area contributed by atoms with Crippen molar-refractivity contribution in [1.82, 2.24) is 4.98 Å². The number of nitrogens with one attached hydrogen (secondary N) is 2. The van der Waals surface area contributed by atoms with E-state index < -0.39 is 22.9 Å². The average molecular weight is 533 g/mol. The predicted molar refractivity (Wildman–Crippen MR) is 152 cm³/mol. The highest BCUT2D eigenvalue weighted by Gasteiger charge is 2.36. The van der Waals surface area contributed by atoms with Crippen LogP contribution in [0.1, 0.15) is 37.9 Å². The maximum Gasteiger partial charge on any atom is 0.326 e. The lowest BCUT2D eigenvalue weighted by Crippen LogP contribution is -2.48. The molecule has 0 unspecified atom stereocenters. The number of pyridine rings is 1. The quantitative estimate of drug-likeness (QED) is 0.271. The average Bonchev–Trinajstić information content (AvgIpc) is 3.21. The molecule has 0 saturated carbocycles. The molecule has 38 heavy (non-hydrogen) atoms. The number of carbonyl (C=O) groups is 1. The standard InChI is InChI=1S/C29H29ClN4O4/c1-15-12-19-8-9-20(30)14-22(19)28(31-15)32-21-10-6-18(7-11-21)13-23(29(37)38)33-24-25(27(36)26(24)35)34-16(2)4-5-17(34)3/h6-12,14,16-17,23,33H,4-5,13H2,1-3H3,(H,31,32)(H,37,38)/t16-,17+,23-/m0/s1. The third kappa shape index (κ3) is 4.84. The zero-order chi connectivity index (χ0) is 27.1. The first kappa shape index (κ1) is 25.7. The Kier molecular flexibility index (Phi) is 6.84. The molecule has 5 rings (SSSR count). The Bertz CT molecular complexity index is 1580. The van der Waals surface area contributed by atoms with E-state index in [1.54, 1.807) is 0 Å². The Labute approximate surface area is 225 Å². The Morgan fingerprint density at radius 2 is 1.76 bits per heavy atom. The van der Waals surface area contributed by atoms with Crippen LogP contribution >= 0.6 is 11.6 Å². The van der Waals surface area contributed by atoms with Crippen molar-refractivity contribution in [3.8, 4) is 0 Å². The predicted octanol–water partition coefficient (Wildman–Crippen LogP) is 5.02. The number of benzene rings is 2. The highest BCUT2D eigenvalue weighted by atomic mass is 35.5. The van der Waals surface area contributed by atoms with Gasteiger partial charge in [0.05, 0.1) is 0 Å². The van der Waals surface area contributed by atoms with E-state index in [0.29, 0.717) is 16.5 Å². The highest BCUT2D eigenvalue weighted by Crippen LogP contribution is 2.33. The van der Waals surface area contributed by atoms with E-state index in [4.69, 9.17) is 11.6 Å². The summed E-state index contributed by atoms with van der Waals surface area (Å²) < 4.78 is 0. The molecule has 8 nitrogen and oxygen atoms in total. The first-order valence-electron chi connectivity index (χ1n) is 12.7. The molecule has 0 radical (unpaired) electrons. The Morgan fingerprint density at radius 1 is 1.08 bits per heavy atom. The van der Waals surface area contributed by atoms with Gasteiger partial charge >= 0.3 is 5.97 Å². The van der Waals surface area contributed by atoms with Crippen molar-refractivity contribution in [1.29, 1.82) is 0 Å². The summed E-state index contributed by atoms with van der Waals surface area (Å²) in [7, 11) is 0. The summed E-state index contributed by atoms with van der Waals surface area (Å²) in [4.78, 5) is 43.5. The number of anilines is 4. The Balaban J connectivity index is 1.34. The monoisotopic (exact) mass is 532 g/mol. The van der Waals surface area contributed by atoms with Crippen LogP contribution in [0.25, 0.3) is 10.8 Å². The lowest BCUT2D eigenvalue weighted by molar-refractivity contribution is -0.137. The third-order valence-electron chi connectivity index (χ3n) is 7.29. The maximum atomic E-state index is 12.4. The fourth-order valence-electron chi connectivity index (χ4n) is 5.32. The van der Waals surface area contributed by atoms with Crippen molar-refractivity contribution in [2.75, 3.05) is 15.5 Å². The zero-order valence-electron chi connectivity index (χ0n) is 21.4. The number of hydrogen-bond acceptors (Lipinski definition) is 7. The number of nitrogens with zero attached hydrogens (tertiary/aromatic N) is 2. The molecule has 4 aromatic rings. The summed E-state index contributed by atoms with van der Waals surface area (Å²) in [6.45, 7) is 5.95. The minimum Gasteiger partial charge on any atom is -0.480 e. The van der Waals surface area contributed by atoms with Gasteiger partial charge in [-0.25, -0.2) is 9.78 Å². The van der Waals surface area contributed by atoms with Crippen LogP contribution < -0.4 is 26.4 Å². The van der Waals surface area contributed by atoms with E-state index in [0.717, 1.165) is 40.6 Å². The van der Waals surface area contributed by atoms with Crippen LogP contribution in [0.2, 0.25) is 5.02 Å². The summed E-state index contributed by atoms with van der Waals surface area (Å²) in [5, 5.41) is 18.6. The molecular formula is C29H29ClN4O4. The molecule has 1 aliphatic rings. The molecule has 196 valence electrons. The van der Waals surface area contributed by atoms with Gasteiger partial charge in [-0.1, -0.05) is 29.8 Å². The molecule has 3 atom stereocenters. The van der Waals surface area contributed by atoms with Crippen molar-refractivity contribution in [2.24, 2.45) is 0 Å². The van der Waals surface area contributed by atoms with E-state index in [1.165, 1.54) is 0 Å². The molecule has 0 aliphatic carbocycles. The van der Waals surface area contributed by atoms with Gasteiger partial charge in [-0.3, -0.25) is 9.59 Å². The van der Waals surface area contributed by atoms with Gasteiger partial charge in [-0.15, -0.1) is 0 Å². The molecule has 0 spiro atoms. The van der Waals surface area contributed by atoms with E-state index >= 15 is 0 Å². The summed E-state index contributed by atoms with van der Waals surface area (Å²) in [5.74, 6) is -0.417. The van der Waals surface area contributed by atoms with E-state index in [9.17, 15) is 19.5 Å². The lowest BCUT2D eigenvalue weighted by Gasteiger charge is -2.32. The van der Waals surface area contributed by atoms with Crippen LogP contribution in [-0.2, 0) is 11.2 Å². The van der Waals surface area contributed by atoms with Gasteiger partial charge in [0.2, 0.25) is 0 Å². The van der Waals surface area contributed by atoms with Crippen molar-refractivity contribution in [2.45, 2.75) is 58.2 Å². The topological polar surface area (TPSA) is 112 Å². The smallest absolute Gasteiger partial charge is 0.326 e. The van der Waals surface area contributed by atoms with Crippen LogP contribution in [0.4, 0.5) is 22.9 Å². The van der Waals surface area contributed by atoms with Crippen LogP contribution in [-0.4, -0.2) is 34.2 Å². The summed E-state index contributed by atoms with van der Waals surface area (Å²) in [6, 6.07) is 14.2. The molecule has 3 N–H and O–H groups in total. The molecule has 2 heterocycles. The molecule has 3 aromatic carbocycles. The fourth-order valence-corrected chi connectivity index (χ4v) is 5.49. The van der Waals surface area contributed by atoms with Gasteiger partial charge in [0, 0.05) is 40.3 Å². The molecule has 1 aromatic heterocycles. The summed E-state index contributed by atoms with van der Waals surface area (Å²) in [5.41, 5.74) is 1.64. The molecular weight excluding hydrogens is 504 g/mol. The van der Waals surface area contributed by atoms with Crippen LogP contribution in [0, 0.1) is 6.92 Å². The number of carboxylic acid groups (broad SMARTS) is 1. The number of halogens is 1. The zero-order valence-corrected chi connectivity index (χ0v) is 22.2. The molecule has 1 aliphatic heterocycles. The molecule has 0 amide bonds. The van der Waals surface area contributed by atoms with Gasteiger partial charge in [0.25, 0.3) is 10.9 Å². The number of aryl methyl sites for hydroxylation is 1. The highest BCUT2D eigenvalue weighted by molar-refractivity contribution is 6.31. The number of carboxylic acids is 1. The summed E-state index contributed by atoms with van der Waals surface area (Å²) >= 11 is 6.20. The second-order valence-electron chi connectivity index (χ2n) is 10.1. The first-order chi connectivity index (χ1) is 18.1. The Hall–Kier alpha value is -3.91. The molecule has 1 saturated heterocycles. The second kappa shape index (κ2) is 10.1. The van der Waals surface area contributed by atoms with E-state index in [1.807, 2.05) is 74.2 Å². The SMILES string of the molecule is Cc1cc2ccc(Cl)cc2c(Nc2ccc(C[C@H](Nc3c(N4[C@H](C)CC[C@@H]4C)c(=O)c3=O)C(=O)O)cc2)n1. The third-order valence-corrected chi connectivity index (χ3v) is 7.53. The number of aromatic nitrogens is 1. The van der Waals surface area contributed by atoms with Crippen LogP contribution in [0.3, 0.4) is 0 Å². The van der Waals surface area contributed by atoms with Gasteiger partial charge < -0.3 is 20.6 Å². The summed E-state index contributed by atoms with van der Waals surface area (Å²) in [6.07, 6.45) is 1.98. The lowest BCUT2D eigenvalue weighted by atomic mass is 10.0. The number of aliphatic carboxylic acids is 1. The van der Waals surface area contributed by atoms with Crippen molar-refractivity contribution < 1.29 is 9.90 Å². The van der Waals surface area contributed by atoms with Gasteiger partial charge in [0.15, 0.2) is 0 Å². The number of hydrogen-bond donors (Lipinski definition) is 3. The minimum atomic E-state index is -1.10. The van der Waals surface area contributed by atoms with Crippen LogP contribution in [0.5, 0.6) is 0 Å². The van der Waals surface area contributed by atoms with Gasteiger partial charge in [0.1, 0.15) is 23.2 Å².